The van der Waals surface area contributed by atoms with E-state index in [1.54, 1.807) is 12.1 Å². The van der Waals surface area contributed by atoms with Crippen molar-refractivity contribution in [2.75, 3.05) is 5.73 Å². The van der Waals surface area contributed by atoms with E-state index in [0.717, 1.165) is 0 Å². The molecule has 1 unspecified atom stereocenters. The van der Waals surface area contributed by atoms with Crippen molar-refractivity contribution in [2.45, 2.75) is 13.2 Å². The zero-order valence-corrected chi connectivity index (χ0v) is 7.84. The van der Waals surface area contributed by atoms with Crippen LogP contribution in [0.5, 0.6) is 0 Å². The highest BCUT2D eigenvalue weighted by Gasteiger charge is 1.98. The molecule has 5 heteroatoms. The van der Waals surface area contributed by atoms with Gasteiger partial charge in [0.1, 0.15) is 0 Å². The maximum Gasteiger partial charge on any atom is 0.335 e. The fraction of sp³-hybridized carbons (Fsp3) is 0.222. The first-order chi connectivity index (χ1) is 6.43. The van der Waals surface area contributed by atoms with Crippen LogP contribution < -0.4 is 11.5 Å². The molecule has 78 valence electrons. The number of nitrogens with two attached hydrogens (primary N) is 2. The molecule has 6 N–H and O–H groups in total. The minimum Gasteiger partial charge on any atom is -0.478 e. The van der Waals surface area contributed by atoms with Gasteiger partial charge in [0.25, 0.3) is 0 Å². The van der Waals surface area contributed by atoms with E-state index in [1.807, 2.05) is 0 Å². The van der Waals surface area contributed by atoms with Crippen molar-refractivity contribution in [1.29, 1.82) is 0 Å². The predicted molar refractivity (Wildman–Crippen MR) is 53.7 cm³/mol. The van der Waals surface area contributed by atoms with Crippen LogP contribution >= 0.6 is 0 Å². The van der Waals surface area contributed by atoms with Crippen LogP contribution in [-0.2, 0) is 0 Å². The summed E-state index contributed by atoms with van der Waals surface area (Å²) in [7, 11) is 0. The van der Waals surface area contributed by atoms with Crippen LogP contribution in [0.4, 0.5) is 5.69 Å². The van der Waals surface area contributed by atoms with Crippen LogP contribution in [0.15, 0.2) is 24.3 Å². The van der Waals surface area contributed by atoms with E-state index in [9.17, 15) is 4.79 Å². The molecule has 14 heavy (non-hydrogen) atoms. The second-order valence-electron chi connectivity index (χ2n) is 2.67. The molecule has 0 aliphatic rings. The van der Waals surface area contributed by atoms with Crippen molar-refractivity contribution in [3.05, 3.63) is 29.8 Å². The van der Waals surface area contributed by atoms with E-state index >= 15 is 0 Å². The highest BCUT2D eigenvalue weighted by atomic mass is 16.4. The van der Waals surface area contributed by atoms with E-state index in [4.69, 9.17) is 15.9 Å². The molecule has 0 saturated heterocycles. The monoisotopic (exact) mass is 198 g/mol. The van der Waals surface area contributed by atoms with E-state index in [2.05, 4.69) is 5.73 Å². The van der Waals surface area contributed by atoms with Crippen molar-refractivity contribution in [3.63, 3.8) is 0 Å². The Hall–Kier alpha value is -1.59. The summed E-state index contributed by atoms with van der Waals surface area (Å²) in [5.41, 5.74) is 10.8. The number of aromatic carboxylic acids is 1. The van der Waals surface area contributed by atoms with Crippen molar-refractivity contribution in [3.8, 4) is 0 Å². The summed E-state index contributed by atoms with van der Waals surface area (Å²) in [6.45, 7) is 1.50. The van der Waals surface area contributed by atoms with Gasteiger partial charge >= 0.3 is 5.97 Å². The minimum absolute atomic E-state index is 0.259. The first kappa shape index (κ1) is 12.4. The highest BCUT2D eigenvalue weighted by Crippen LogP contribution is 2.04. The number of anilines is 1. The van der Waals surface area contributed by atoms with Gasteiger partial charge in [-0.05, 0) is 31.2 Å². The average Bonchev–Trinajstić information content (AvgIpc) is 2.03. The summed E-state index contributed by atoms with van der Waals surface area (Å²) < 4.78 is 0. The van der Waals surface area contributed by atoms with E-state index < -0.39 is 12.2 Å². The maximum absolute atomic E-state index is 10.3. The third-order valence-corrected chi connectivity index (χ3v) is 1.16. The Labute approximate surface area is 82.0 Å². The molecule has 0 aromatic heterocycles. The molecule has 5 nitrogen and oxygen atoms in total. The van der Waals surface area contributed by atoms with E-state index in [0.29, 0.717) is 5.69 Å². The van der Waals surface area contributed by atoms with Gasteiger partial charge in [0.05, 0.1) is 11.8 Å². The lowest BCUT2D eigenvalue weighted by Crippen LogP contribution is -2.11. The summed E-state index contributed by atoms with van der Waals surface area (Å²) in [4.78, 5) is 10.3. The lowest BCUT2D eigenvalue weighted by molar-refractivity contribution is 0.0697. The van der Waals surface area contributed by atoms with E-state index in [1.165, 1.54) is 19.1 Å². The molecule has 0 aliphatic carbocycles. The molecule has 0 aliphatic heterocycles. The zero-order chi connectivity index (χ0) is 11.1. The number of carboxylic acids is 1. The number of carboxylic acid groups (broad SMARTS) is 1. The van der Waals surface area contributed by atoms with Crippen molar-refractivity contribution < 1.29 is 15.0 Å². The Balaban J connectivity index is 0.000000364. The first-order valence-corrected chi connectivity index (χ1v) is 3.96. The van der Waals surface area contributed by atoms with Crippen molar-refractivity contribution >= 4 is 11.7 Å². The van der Waals surface area contributed by atoms with Gasteiger partial charge in [0, 0.05) is 5.69 Å². The smallest absolute Gasteiger partial charge is 0.335 e. The summed E-state index contributed by atoms with van der Waals surface area (Å²) in [6, 6.07) is 6.06. The summed E-state index contributed by atoms with van der Waals surface area (Å²) >= 11 is 0. The van der Waals surface area contributed by atoms with E-state index in [-0.39, 0.29) is 5.56 Å². The molecule has 0 fully saturated rings. The van der Waals surface area contributed by atoms with Gasteiger partial charge in [0.2, 0.25) is 0 Å². The standard InChI is InChI=1S/C7H7NO2.C2H7NO/c8-6-3-1-5(2-4-6)7(9)10;1-2(3)4/h1-4H,8H2,(H,9,10);2,4H,3H2,1H3. The summed E-state index contributed by atoms with van der Waals surface area (Å²) in [6.07, 6.45) is -0.667. The van der Waals surface area contributed by atoms with Crippen LogP contribution in [0.3, 0.4) is 0 Å². The Morgan fingerprint density at radius 3 is 2.00 bits per heavy atom. The number of rotatable bonds is 1. The topological polar surface area (TPSA) is 110 Å². The fourth-order valence-corrected chi connectivity index (χ4v) is 0.626. The molecule has 0 amide bonds. The van der Waals surface area contributed by atoms with Crippen LogP contribution in [0.2, 0.25) is 0 Å². The Kier molecular flexibility index (Phi) is 5.28. The molecule has 0 spiro atoms. The molecule has 0 saturated carbocycles. The van der Waals surface area contributed by atoms with Gasteiger partial charge in [-0.15, -0.1) is 0 Å². The zero-order valence-electron chi connectivity index (χ0n) is 7.84. The molecule has 0 bridgehead atoms. The second kappa shape index (κ2) is 5.95. The Morgan fingerprint density at radius 1 is 1.36 bits per heavy atom. The summed E-state index contributed by atoms with van der Waals surface area (Å²) in [5, 5.41) is 16.3. The molecule has 0 radical (unpaired) electrons. The Morgan fingerprint density at radius 2 is 1.71 bits per heavy atom. The number of hydrogen-bond donors (Lipinski definition) is 4. The molecule has 0 heterocycles. The SMILES string of the molecule is CC(N)O.Nc1ccc(C(=O)O)cc1. The average molecular weight is 198 g/mol. The lowest BCUT2D eigenvalue weighted by atomic mass is 10.2. The van der Waals surface area contributed by atoms with Gasteiger partial charge in [-0.2, -0.15) is 0 Å². The van der Waals surface area contributed by atoms with Gasteiger partial charge in [0.15, 0.2) is 0 Å². The largest absolute Gasteiger partial charge is 0.478 e. The highest BCUT2D eigenvalue weighted by molar-refractivity contribution is 5.87. The van der Waals surface area contributed by atoms with Crippen LogP contribution in [0.25, 0.3) is 0 Å². The van der Waals surface area contributed by atoms with Crippen LogP contribution in [0, 0.1) is 0 Å². The van der Waals surface area contributed by atoms with Gasteiger partial charge in [-0.25, -0.2) is 4.79 Å². The number of benzene rings is 1. The normalized spacial score (nSPS) is 11.1. The first-order valence-electron chi connectivity index (χ1n) is 3.96. The molecule has 1 rings (SSSR count). The number of hydrogen-bond acceptors (Lipinski definition) is 4. The third kappa shape index (κ3) is 5.99. The maximum atomic E-state index is 10.3. The van der Waals surface area contributed by atoms with Gasteiger partial charge in [-0.3, -0.25) is 0 Å². The second-order valence-corrected chi connectivity index (χ2v) is 2.67. The minimum atomic E-state index is -0.931. The van der Waals surface area contributed by atoms with Crippen molar-refractivity contribution in [2.24, 2.45) is 5.73 Å². The molecule has 1 aromatic rings. The van der Waals surface area contributed by atoms with Gasteiger partial charge in [-0.1, -0.05) is 0 Å². The Bertz CT molecular complexity index is 280. The number of carbonyl (C=O) groups is 1. The number of aliphatic hydroxyl groups is 1. The number of nitrogen functional groups attached to an aromatic ring is 1. The fourth-order valence-electron chi connectivity index (χ4n) is 0.626. The molecular weight excluding hydrogens is 184 g/mol. The third-order valence-electron chi connectivity index (χ3n) is 1.16. The van der Waals surface area contributed by atoms with Gasteiger partial charge < -0.3 is 21.7 Å². The van der Waals surface area contributed by atoms with Crippen LogP contribution in [-0.4, -0.2) is 22.4 Å². The number of aliphatic hydroxyl groups excluding tert-OH is 1. The van der Waals surface area contributed by atoms with Crippen molar-refractivity contribution in [1.82, 2.24) is 0 Å². The summed E-state index contributed by atoms with van der Waals surface area (Å²) in [5.74, 6) is -0.931. The molecule has 1 aromatic carbocycles. The lowest BCUT2D eigenvalue weighted by Gasteiger charge is -1.93. The van der Waals surface area contributed by atoms with Crippen LogP contribution in [0.1, 0.15) is 17.3 Å². The molecular formula is C9H14N2O3. The molecule has 1 atom stereocenters. The predicted octanol–water partition coefficient (Wildman–Crippen LogP) is 0.250. The quantitative estimate of drug-likeness (QED) is 0.382.